The van der Waals surface area contributed by atoms with Crippen molar-refractivity contribution < 1.29 is 4.79 Å². The Labute approximate surface area is 143 Å². The maximum absolute atomic E-state index is 11.8. The van der Waals surface area contributed by atoms with E-state index >= 15 is 0 Å². The van der Waals surface area contributed by atoms with Gasteiger partial charge < -0.3 is 15.5 Å². The van der Waals surface area contributed by atoms with Gasteiger partial charge in [-0.2, -0.15) is 0 Å². The highest BCUT2D eigenvalue weighted by molar-refractivity contribution is 5.76. The Hall–Kier alpha value is -1.85. The molecule has 1 aromatic rings. The minimum absolute atomic E-state index is 0.242. The average molecular weight is 329 g/mol. The van der Waals surface area contributed by atoms with Gasteiger partial charge in [-0.25, -0.2) is 9.97 Å². The molecule has 0 radical (unpaired) electrons. The van der Waals surface area contributed by atoms with E-state index in [1.807, 2.05) is 0 Å². The van der Waals surface area contributed by atoms with Crippen LogP contribution in [0.4, 0.5) is 11.6 Å². The molecular weight excluding hydrogens is 302 g/mol. The maximum Gasteiger partial charge on any atom is 0.220 e. The molecule has 0 unspecified atom stereocenters. The molecule has 1 saturated heterocycles. The molecule has 0 bridgehead atoms. The van der Waals surface area contributed by atoms with Crippen LogP contribution in [0.15, 0.2) is 12.4 Å². The van der Waals surface area contributed by atoms with Gasteiger partial charge in [0.15, 0.2) is 0 Å². The molecule has 1 aliphatic heterocycles. The molecule has 2 N–H and O–H groups in total. The van der Waals surface area contributed by atoms with Crippen molar-refractivity contribution in [2.24, 2.45) is 5.92 Å². The van der Waals surface area contributed by atoms with Crippen LogP contribution in [0.2, 0.25) is 0 Å². The molecule has 2 heterocycles. The number of rotatable bonds is 7. The van der Waals surface area contributed by atoms with Crippen LogP contribution in [0.3, 0.4) is 0 Å². The molecule has 4 rings (SSSR count). The summed E-state index contributed by atoms with van der Waals surface area (Å²) in [4.78, 5) is 22.9. The molecular formula is C18H27N5O. The van der Waals surface area contributed by atoms with Gasteiger partial charge in [0, 0.05) is 37.7 Å². The SMILES string of the molecule is O=C(CCC1CCN(c2cc(NC3CC3)ncn2)CC1)NC1CC1. The number of carbonyl (C=O) groups is 1. The zero-order chi connectivity index (χ0) is 16.4. The van der Waals surface area contributed by atoms with Crippen LogP contribution >= 0.6 is 0 Å². The van der Waals surface area contributed by atoms with E-state index in [0.29, 0.717) is 24.4 Å². The van der Waals surface area contributed by atoms with Gasteiger partial charge in [0.25, 0.3) is 0 Å². The van der Waals surface area contributed by atoms with E-state index < -0.39 is 0 Å². The molecule has 3 aliphatic rings. The lowest BCUT2D eigenvalue weighted by molar-refractivity contribution is -0.121. The Balaban J connectivity index is 1.22. The molecule has 2 saturated carbocycles. The zero-order valence-corrected chi connectivity index (χ0v) is 14.2. The summed E-state index contributed by atoms with van der Waals surface area (Å²) in [5.41, 5.74) is 0. The number of amides is 1. The fraction of sp³-hybridized carbons (Fsp3) is 0.722. The number of nitrogens with one attached hydrogen (secondary N) is 2. The minimum Gasteiger partial charge on any atom is -0.367 e. The Morgan fingerprint density at radius 2 is 1.83 bits per heavy atom. The lowest BCUT2D eigenvalue weighted by Crippen LogP contribution is -2.35. The second-order valence-electron chi connectivity index (χ2n) is 7.49. The normalized spacial score (nSPS) is 21.6. The molecule has 6 nitrogen and oxygen atoms in total. The first kappa shape index (κ1) is 15.7. The van der Waals surface area contributed by atoms with Gasteiger partial charge in [-0.05, 0) is 50.9 Å². The number of nitrogens with zero attached hydrogens (tertiary/aromatic N) is 3. The first-order chi connectivity index (χ1) is 11.8. The van der Waals surface area contributed by atoms with Crippen LogP contribution in [0.25, 0.3) is 0 Å². The summed E-state index contributed by atoms with van der Waals surface area (Å²) in [6.07, 6.45) is 10.5. The van der Waals surface area contributed by atoms with E-state index in [0.717, 1.165) is 44.0 Å². The van der Waals surface area contributed by atoms with Gasteiger partial charge in [-0.1, -0.05) is 0 Å². The molecule has 0 aromatic carbocycles. The third-order valence-electron chi connectivity index (χ3n) is 5.24. The Morgan fingerprint density at radius 3 is 2.54 bits per heavy atom. The van der Waals surface area contributed by atoms with Gasteiger partial charge >= 0.3 is 0 Å². The van der Waals surface area contributed by atoms with Gasteiger partial charge in [0.1, 0.15) is 18.0 Å². The number of anilines is 2. The third-order valence-corrected chi connectivity index (χ3v) is 5.24. The smallest absolute Gasteiger partial charge is 0.220 e. The van der Waals surface area contributed by atoms with E-state index in [4.69, 9.17) is 0 Å². The van der Waals surface area contributed by atoms with Crippen LogP contribution in [0.1, 0.15) is 51.4 Å². The maximum atomic E-state index is 11.8. The highest BCUT2D eigenvalue weighted by atomic mass is 16.1. The lowest BCUT2D eigenvalue weighted by atomic mass is 9.92. The number of aromatic nitrogens is 2. The van der Waals surface area contributed by atoms with Gasteiger partial charge in [0.2, 0.25) is 5.91 Å². The summed E-state index contributed by atoms with van der Waals surface area (Å²) in [6, 6.07) is 3.16. The first-order valence-corrected chi connectivity index (χ1v) is 9.39. The molecule has 0 spiro atoms. The summed E-state index contributed by atoms with van der Waals surface area (Å²) in [7, 11) is 0. The summed E-state index contributed by atoms with van der Waals surface area (Å²) >= 11 is 0. The highest BCUT2D eigenvalue weighted by Gasteiger charge is 2.25. The second kappa shape index (κ2) is 6.95. The van der Waals surface area contributed by atoms with Crippen molar-refractivity contribution in [3.63, 3.8) is 0 Å². The summed E-state index contributed by atoms with van der Waals surface area (Å²) in [6.45, 7) is 2.05. The largest absolute Gasteiger partial charge is 0.367 e. The molecule has 1 amide bonds. The van der Waals surface area contributed by atoms with Crippen molar-refractivity contribution in [2.75, 3.05) is 23.3 Å². The molecule has 3 fully saturated rings. The second-order valence-corrected chi connectivity index (χ2v) is 7.49. The molecule has 130 valence electrons. The van der Waals surface area contributed by atoms with Gasteiger partial charge in [0.05, 0.1) is 0 Å². The Morgan fingerprint density at radius 1 is 1.08 bits per heavy atom. The van der Waals surface area contributed by atoms with Crippen LogP contribution in [0, 0.1) is 5.92 Å². The van der Waals surface area contributed by atoms with Crippen LogP contribution < -0.4 is 15.5 Å². The summed E-state index contributed by atoms with van der Waals surface area (Å²) in [5.74, 6) is 2.88. The first-order valence-electron chi connectivity index (χ1n) is 9.39. The van der Waals surface area contributed by atoms with E-state index in [-0.39, 0.29) is 5.91 Å². The van der Waals surface area contributed by atoms with Crippen molar-refractivity contribution in [1.29, 1.82) is 0 Å². The van der Waals surface area contributed by atoms with E-state index in [2.05, 4.69) is 31.6 Å². The molecule has 0 atom stereocenters. The topological polar surface area (TPSA) is 70.2 Å². The Kier molecular flexibility index (Phi) is 4.54. The molecule has 24 heavy (non-hydrogen) atoms. The summed E-state index contributed by atoms with van der Waals surface area (Å²) in [5, 5.41) is 6.52. The van der Waals surface area contributed by atoms with Gasteiger partial charge in [-0.3, -0.25) is 4.79 Å². The predicted octanol–water partition coefficient (Wildman–Crippen LogP) is 2.33. The number of hydrogen-bond donors (Lipinski definition) is 2. The third kappa shape index (κ3) is 4.36. The average Bonchev–Trinajstić information content (AvgIpc) is 3.51. The number of carbonyl (C=O) groups excluding carboxylic acids is 1. The lowest BCUT2D eigenvalue weighted by Gasteiger charge is -2.32. The van der Waals surface area contributed by atoms with Gasteiger partial charge in [-0.15, -0.1) is 0 Å². The fourth-order valence-electron chi connectivity index (χ4n) is 3.35. The monoisotopic (exact) mass is 329 g/mol. The van der Waals surface area contributed by atoms with Crippen molar-refractivity contribution in [3.05, 3.63) is 12.4 Å². The van der Waals surface area contributed by atoms with E-state index in [1.54, 1.807) is 6.33 Å². The van der Waals surface area contributed by atoms with Crippen molar-refractivity contribution >= 4 is 17.5 Å². The quantitative estimate of drug-likeness (QED) is 0.803. The van der Waals surface area contributed by atoms with E-state index in [1.165, 1.54) is 25.7 Å². The van der Waals surface area contributed by atoms with Crippen LogP contribution in [-0.4, -0.2) is 41.0 Å². The van der Waals surface area contributed by atoms with E-state index in [9.17, 15) is 4.79 Å². The summed E-state index contributed by atoms with van der Waals surface area (Å²) < 4.78 is 0. The molecule has 2 aliphatic carbocycles. The van der Waals surface area contributed by atoms with Crippen molar-refractivity contribution in [3.8, 4) is 0 Å². The van der Waals surface area contributed by atoms with Crippen molar-refractivity contribution in [2.45, 2.75) is 63.5 Å². The minimum atomic E-state index is 0.242. The standard InChI is InChI=1S/C18H27N5O/c24-18(22-15-4-5-15)6-1-13-7-9-23(10-8-13)17-11-16(19-12-20-17)21-14-2-3-14/h11-15H,1-10H2,(H,22,24)(H,19,20,21). The number of hydrogen-bond acceptors (Lipinski definition) is 5. The Bertz CT molecular complexity index is 577. The predicted molar refractivity (Wildman–Crippen MR) is 94.0 cm³/mol. The zero-order valence-electron chi connectivity index (χ0n) is 14.2. The van der Waals surface area contributed by atoms with Crippen molar-refractivity contribution in [1.82, 2.24) is 15.3 Å². The van der Waals surface area contributed by atoms with Crippen LogP contribution in [0.5, 0.6) is 0 Å². The van der Waals surface area contributed by atoms with Crippen LogP contribution in [-0.2, 0) is 4.79 Å². The molecule has 6 heteroatoms. The fourth-order valence-corrected chi connectivity index (χ4v) is 3.35. The number of piperidine rings is 1. The molecule has 1 aromatic heterocycles. The highest BCUT2D eigenvalue weighted by Crippen LogP contribution is 2.28.